The fourth-order valence-electron chi connectivity index (χ4n) is 1.14. The predicted octanol–water partition coefficient (Wildman–Crippen LogP) is 0.834. The van der Waals surface area contributed by atoms with E-state index in [2.05, 4.69) is 20.6 Å². The van der Waals surface area contributed by atoms with Gasteiger partial charge in [-0.25, -0.2) is 9.37 Å². The summed E-state index contributed by atoms with van der Waals surface area (Å²) < 4.78 is 18.0. The molecule has 6 nitrogen and oxygen atoms in total. The van der Waals surface area contributed by atoms with E-state index < -0.39 is 5.82 Å². The van der Waals surface area contributed by atoms with Gasteiger partial charge in [0.1, 0.15) is 0 Å². The Bertz CT molecular complexity index is 405. The largest absolute Gasteiger partial charge is 0.383 e. The van der Waals surface area contributed by atoms with Crippen LogP contribution < -0.4 is 10.6 Å². The number of hydrogen-bond donors (Lipinski definition) is 2. The summed E-state index contributed by atoms with van der Waals surface area (Å²) >= 11 is 5.52. The van der Waals surface area contributed by atoms with E-state index >= 15 is 0 Å². The minimum atomic E-state index is -0.612. The number of carbonyl (C=O) groups is 1. The molecule has 8 heteroatoms. The molecular formula is C10H14ClFN4O2. The molecule has 1 rings (SSSR count). The van der Waals surface area contributed by atoms with Crippen molar-refractivity contribution in [1.82, 2.24) is 15.3 Å². The topological polar surface area (TPSA) is 76.1 Å². The number of hydrogen-bond acceptors (Lipinski definition) is 5. The van der Waals surface area contributed by atoms with Gasteiger partial charge in [0.2, 0.25) is 11.2 Å². The predicted molar refractivity (Wildman–Crippen MR) is 65.0 cm³/mol. The van der Waals surface area contributed by atoms with Gasteiger partial charge in [-0.1, -0.05) is 0 Å². The third-order valence-corrected chi connectivity index (χ3v) is 2.17. The van der Waals surface area contributed by atoms with Gasteiger partial charge in [0.15, 0.2) is 11.6 Å². The summed E-state index contributed by atoms with van der Waals surface area (Å²) in [7, 11) is 1.55. The summed E-state index contributed by atoms with van der Waals surface area (Å²) in [6, 6.07) is 0. The molecule has 1 heterocycles. The van der Waals surface area contributed by atoms with Crippen LogP contribution in [0.1, 0.15) is 6.42 Å². The van der Waals surface area contributed by atoms with Crippen LogP contribution in [0.5, 0.6) is 0 Å². The normalized spacial score (nSPS) is 10.2. The van der Waals surface area contributed by atoms with Gasteiger partial charge in [0.25, 0.3) is 0 Å². The quantitative estimate of drug-likeness (QED) is 0.570. The molecule has 0 aliphatic heterocycles. The lowest BCUT2D eigenvalue weighted by molar-refractivity contribution is -0.121. The monoisotopic (exact) mass is 276 g/mol. The lowest BCUT2D eigenvalue weighted by Gasteiger charge is -2.07. The van der Waals surface area contributed by atoms with Crippen molar-refractivity contribution in [2.24, 2.45) is 0 Å². The van der Waals surface area contributed by atoms with Crippen LogP contribution in [0.2, 0.25) is 5.28 Å². The first kappa shape index (κ1) is 14.6. The molecule has 0 unspecified atom stereocenters. The maximum absolute atomic E-state index is 13.2. The van der Waals surface area contributed by atoms with E-state index in [1.807, 2.05) is 0 Å². The number of amides is 1. The molecule has 0 aliphatic carbocycles. The number of rotatable bonds is 7. The van der Waals surface area contributed by atoms with Crippen molar-refractivity contribution in [3.63, 3.8) is 0 Å². The summed E-state index contributed by atoms with van der Waals surface area (Å²) in [6.07, 6.45) is 1.17. The zero-order valence-corrected chi connectivity index (χ0v) is 10.6. The molecular weight excluding hydrogens is 263 g/mol. The second-order valence-electron chi connectivity index (χ2n) is 3.36. The Morgan fingerprint density at radius 1 is 1.56 bits per heavy atom. The van der Waals surface area contributed by atoms with Gasteiger partial charge in [0, 0.05) is 26.6 Å². The molecule has 0 aliphatic rings. The van der Waals surface area contributed by atoms with Crippen LogP contribution in [0.15, 0.2) is 6.20 Å². The lowest BCUT2D eigenvalue weighted by Crippen LogP contribution is -2.28. The fraction of sp³-hybridized carbons (Fsp3) is 0.500. The molecule has 0 radical (unpaired) electrons. The maximum atomic E-state index is 13.2. The highest BCUT2D eigenvalue weighted by Gasteiger charge is 2.06. The average molecular weight is 277 g/mol. The first-order valence-corrected chi connectivity index (χ1v) is 5.69. The van der Waals surface area contributed by atoms with Crippen LogP contribution in [-0.2, 0) is 9.53 Å². The van der Waals surface area contributed by atoms with Gasteiger partial charge in [-0.3, -0.25) is 4.79 Å². The Kier molecular flexibility index (Phi) is 6.31. The number of anilines is 1. The molecule has 2 N–H and O–H groups in total. The number of halogens is 2. The van der Waals surface area contributed by atoms with Crippen molar-refractivity contribution in [1.29, 1.82) is 0 Å². The second kappa shape index (κ2) is 7.78. The van der Waals surface area contributed by atoms with E-state index in [9.17, 15) is 9.18 Å². The zero-order valence-electron chi connectivity index (χ0n) is 9.87. The zero-order chi connectivity index (χ0) is 13.4. The third kappa shape index (κ3) is 5.24. The van der Waals surface area contributed by atoms with Gasteiger partial charge >= 0.3 is 0 Å². The molecule has 0 saturated carbocycles. The molecule has 1 aromatic rings. The second-order valence-corrected chi connectivity index (χ2v) is 3.69. The number of aromatic nitrogens is 2. The van der Waals surface area contributed by atoms with E-state index in [0.29, 0.717) is 13.2 Å². The third-order valence-electron chi connectivity index (χ3n) is 1.99. The Morgan fingerprint density at radius 2 is 2.33 bits per heavy atom. The SMILES string of the molecule is COCCNC(=O)CCNc1nc(Cl)ncc1F. The van der Waals surface area contributed by atoms with Gasteiger partial charge in [-0.05, 0) is 11.6 Å². The Morgan fingerprint density at radius 3 is 3.06 bits per heavy atom. The highest BCUT2D eigenvalue weighted by molar-refractivity contribution is 6.28. The molecule has 0 spiro atoms. The van der Waals surface area contributed by atoms with E-state index in [4.69, 9.17) is 16.3 Å². The molecule has 0 saturated heterocycles. The van der Waals surface area contributed by atoms with Gasteiger partial charge in [-0.15, -0.1) is 0 Å². The molecule has 1 aromatic heterocycles. The smallest absolute Gasteiger partial charge is 0.224 e. The molecule has 100 valence electrons. The van der Waals surface area contributed by atoms with Gasteiger partial charge < -0.3 is 15.4 Å². The molecule has 0 atom stereocenters. The Labute approximate surface area is 109 Å². The minimum Gasteiger partial charge on any atom is -0.383 e. The van der Waals surface area contributed by atoms with Crippen molar-refractivity contribution in [2.45, 2.75) is 6.42 Å². The van der Waals surface area contributed by atoms with Gasteiger partial charge in [0.05, 0.1) is 12.8 Å². The highest BCUT2D eigenvalue weighted by Crippen LogP contribution is 2.11. The van der Waals surface area contributed by atoms with E-state index in [0.717, 1.165) is 6.20 Å². The number of methoxy groups -OCH3 is 1. The Hall–Kier alpha value is -1.47. The minimum absolute atomic E-state index is 0.0142. The number of nitrogens with one attached hydrogen (secondary N) is 2. The molecule has 1 amide bonds. The molecule has 0 bridgehead atoms. The van der Waals surface area contributed by atoms with Gasteiger partial charge in [-0.2, -0.15) is 4.98 Å². The van der Waals surface area contributed by atoms with Crippen LogP contribution in [0.25, 0.3) is 0 Å². The molecule has 18 heavy (non-hydrogen) atoms. The number of ether oxygens (including phenoxy) is 1. The highest BCUT2D eigenvalue weighted by atomic mass is 35.5. The van der Waals surface area contributed by atoms with Crippen molar-refractivity contribution in [2.75, 3.05) is 32.1 Å². The first-order chi connectivity index (χ1) is 8.63. The van der Waals surface area contributed by atoms with Crippen LogP contribution in [-0.4, -0.2) is 42.7 Å². The Balaban J connectivity index is 2.28. The maximum Gasteiger partial charge on any atom is 0.224 e. The summed E-state index contributed by atoms with van der Waals surface area (Å²) in [6.45, 7) is 1.15. The van der Waals surface area contributed by atoms with Crippen molar-refractivity contribution in [3.05, 3.63) is 17.3 Å². The molecule has 0 fully saturated rings. The van der Waals surface area contributed by atoms with Crippen molar-refractivity contribution < 1.29 is 13.9 Å². The summed E-state index contributed by atoms with van der Waals surface area (Å²) in [5.74, 6) is -0.779. The summed E-state index contributed by atoms with van der Waals surface area (Å²) in [5, 5.41) is 5.26. The molecule has 0 aromatic carbocycles. The van der Waals surface area contributed by atoms with Crippen LogP contribution >= 0.6 is 11.6 Å². The number of carbonyl (C=O) groups excluding carboxylic acids is 1. The van der Waals surface area contributed by atoms with Crippen molar-refractivity contribution in [3.8, 4) is 0 Å². The average Bonchev–Trinajstić information content (AvgIpc) is 2.34. The standard InChI is InChI=1S/C10H14ClFN4O2/c1-18-5-4-13-8(17)2-3-14-9-7(12)6-15-10(11)16-9/h6H,2-5H2,1H3,(H,13,17)(H,14,15,16). The summed E-state index contributed by atoms with van der Waals surface area (Å²) in [4.78, 5) is 18.4. The lowest BCUT2D eigenvalue weighted by atomic mass is 10.4. The number of nitrogens with zero attached hydrogens (tertiary/aromatic N) is 2. The van der Waals surface area contributed by atoms with Crippen LogP contribution in [0.3, 0.4) is 0 Å². The van der Waals surface area contributed by atoms with E-state index in [1.54, 1.807) is 7.11 Å². The van der Waals surface area contributed by atoms with E-state index in [-0.39, 0.29) is 30.0 Å². The van der Waals surface area contributed by atoms with Crippen molar-refractivity contribution >= 4 is 23.3 Å². The van der Waals surface area contributed by atoms with E-state index in [1.165, 1.54) is 0 Å². The van der Waals surface area contributed by atoms with Crippen LogP contribution in [0, 0.1) is 5.82 Å². The first-order valence-electron chi connectivity index (χ1n) is 5.31. The fourth-order valence-corrected chi connectivity index (χ4v) is 1.28. The van der Waals surface area contributed by atoms with Crippen LogP contribution in [0.4, 0.5) is 10.2 Å². The summed E-state index contributed by atoms with van der Waals surface area (Å²) in [5.41, 5.74) is 0.